The minimum atomic E-state index is -3.20. The molecule has 249 valence electrons. The third-order valence-corrected chi connectivity index (χ3v) is 5.26. The SMILES string of the molecule is CCCCN(CCCC)CCCC.[O-]B(O)Oc1c(F)c(F)c(F)c(F)c1F.[O-]B([O-])Oc1c(F)c(F)c(F)c(F)c1F.[Ru+3]. The van der Waals surface area contributed by atoms with Crippen molar-refractivity contribution in [1.29, 1.82) is 0 Å². The Morgan fingerprint density at radius 3 is 1.00 bits per heavy atom. The minimum Gasteiger partial charge on any atom is -0.860 e. The van der Waals surface area contributed by atoms with Gasteiger partial charge in [-0.15, -0.1) is 0 Å². The molecule has 0 bridgehead atoms. The van der Waals surface area contributed by atoms with Crippen LogP contribution in [0.3, 0.4) is 0 Å². The Kier molecular flexibility index (Phi) is 22.4. The van der Waals surface area contributed by atoms with Crippen molar-refractivity contribution < 1.29 is 92.8 Å². The summed E-state index contributed by atoms with van der Waals surface area (Å²) >= 11 is 0. The molecule has 0 unspecified atom stereocenters. The Morgan fingerprint density at radius 2 is 0.773 bits per heavy atom. The van der Waals surface area contributed by atoms with Gasteiger partial charge < -0.3 is 34.3 Å². The third-order valence-electron chi connectivity index (χ3n) is 5.26. The first-order chi connectivity index (χ1) is 20.1. The molecule has 44 heavy (non-hydrogen) atoms. The molecule has 0 fully saturated rings. The smallest absolute Gasteiger partial charge is 0.860 e. The molecule has 1 N–H and O–H groups in total. The molecule has 0 saturated heterocycles. The van der Waals surface area contributed by atoms with Crippen LogP contribution in [0.15, 0.2) is 0 Å². The molecular formula is C24H28B2F10NO6Ru. The van der Waals surface area contributed by atoms with Crippen molar-refractivity contribution in [3.63, 3.8) is 0 Å². The fourth-order valence-electron chi connectivity index (χ4n) is 3.05. The van der Waals surface area contributed by atoms with E-state index in [2.05, 4.69) is 35.0 Å². The van der Waals surface area contributed by atoms with E-state index < -0.39 is 84.3 Å². The average Bonchev–Trinajstić information content (AvgIpc) is 2.97. The molecule has 2 aromatic carbocycles. The largest absolute Gasteiger partial charge is 3.00 e. The molecule has 7 nitrogen and oxygen atoms in total. The first kappa shape index (κ1) is 44.0. The summed E-state index contributed by atoms with van der Waals surface area (Å²) in [7, 11) is -6.14. The van der Waals surface area contributed by atoms with Crippen molar-refractivity contribution in [2.45, 2.75) is 59.3 Å². The molecule has 0 saturated carbocycles. The topological polar surface area (TPSA) is 111 Å². The van der Waals surface area contributed by atoms with Crippen LogP contribution in [0.2, 0.25) is 0 Å². The van der Waals surface area contributed by atoms with E-state index >= 15 is 0 Å². The van der Waals surface area contributed by atoms with Crippen LogP contribution in [0, 0.1) is 58.2 Å². The zero-order valence-corrected chi connectivity index (χ0v) is 25.3. The van der Waals surface area contributed by atoms with E-state index in [4.69, 9.17) is 5.02 Å². The second kappa shape index (κ2) is 22.4. The van der Waals surface area contributed by atoms with Crippen molar-refractivity contribution in [2.24, 2.45) is 0 Å². The van der Waals surface area contributed by atoms with E-state index in [1.54, 1.807) is 0 Å². The molecule has 0 spiro atoms. The van der Waals surface area contributed by atoms with Gasteiger partial charge in [0.05, 0.1) is 0 Å². The van der Waals surface area contributed by atoms with Gasteiger partial charge in [0.15, 0.2) is 11.5 Å². The summed E-state index contributed by atoms with van der Waals surface area (Å²) < 4.78 is 132. The number of nitrogens with zero attached hydrogens (tertiary/aromatic N) is 1. The normalized spacial score (nSPS) is 10.3. The Hall–Kier alpha value is -2.11. The van der Waals surface area contributed by atoms with Crippen molar-refractivity contribution in [3.05, 3.63) is 58.2 Å². The van der Waals surface area contributed by atoms with Gasteiger partial charge in [-0.3, -0.25) is 0 Å². The van der Waals surface area contributed by atoms with Gasteiger partial charge in [0, 0.05) is 0 Å². The number of rotatable bonds is 13. The minimum absolute atomic E-state index is 0. The summed E-state index contributed by atoms with van der Waals surface area (Å²) in [4.78, 5) is 2.64. The van der Waals surface area contributed by atoms with Crippen LogP contribution in [0.1, 0.15) is 59.3 Å². The van der Waals surface area contributed by atoms with E-state index in [0.717, 1.165) is 0 Å². The number of halogens is 10. The monoisotopic (exact) mass is 740 g/mol. The van der Waals surface area contributed by atoms with Crippen LogP contribution in [-0.2, 0) is 19.5 Å². The van der Waals surface area contributed by atoms with Gasteiger partial charge in [0.25, 0.3) is 0 Å². The zero-order chi connectivity index (χ0) is 33.4. The average molecular weight is 739 g/mol. The summed E-state index contributed by atoms with van der Waals surface area (Å²) in [6, 6.07) is 0. The maximum atomic E-state index is 12.7. The van der Waals surface area contributed by atoms with Crippen molar-refractivity contribution in [2.75, 3.05) is 19.6 Å². The number of hydrogen-bond acceptors (Lipinski definition) is 7. The van der Waals surface area contributed by atoms with Gasteiger partial charge in [-0.05, 0) is 38.9 Å². The van der Waals surface area contributed by atoms with E-state index in [9.17, 15) is 59.0 Å². The predicted molar refractivity (Wildman–Crippen MR) is 129 cm³/mol. The molecule has 0 atom stereocenters. The maximum Gasteiger partial charge on any atom is 3.00 e. The Balaban J connectivity index is 0. The Morgan fingerprint density at radius 1 is 0.523 bits per heavy atom. The van der Waals surface area contributed by atoms with Crippen LogP contribution in [0.4, 0.5) is 43.9 Å². The van der Waals surface area contributed by atoms with Crippen molar-refractivity contribution in [3.8, 4) is 11.5 Å². The summed E-state index contributed by atoms with van der Waals surface area (Å²) in [5, 5.41) is 37.7. The van der Waals surface area contributed by atoms with Gasteiger partial charge in [0.2, 0.25) is 58.2 Å². The van der Waals surface area contributed by atoms with Gasteiger partial charge >= 0.3 is 26.8 Å². The molecule has 2 rings (SSSR count). The van der Waals surface area contributed by atoms with Crippen LogP contribution < -0.4 is 24.4 Å². The molecule has 0 aliphatic rings. The zero-order valence-electron chi connectivity index (χ0n) is 23.6. The fourth-order valence-corrected chi connectivity index (χ4v) is 3.05. The summed E-state index contributed by atoms with van der Waals surface area (Å²) in [6.45, 7) is 10.8. The Labute approximate surface area is 260 Å². The number of hydrogen-bond donors (Lipinski definition) is 1. The van der Waals surface area contributed by atoms with Crippen LogP contribution >= 0.6 is 0 Å². The van der Waals surface area contributed by atoms with Gasteiger partial charge in [-0.25, -0.2) is 26.3 Å². The van der Waals surface area contributed by atoms with Gasteiger partial charge in [-0.2, -0.15) is 17.6 Å². The van der Waals surface area contributed by atoms with Crippen LogP contribution in [0.25, 0.3) is 0 Å². The number of benzene rings is 2. The fraction of sp³-hybridized carbons (Fsp3) is 0.500. The molecule has 0 aromatic heterocycles. The van der Waals surface area contributed by atoms with E-state index in [-0.39, 0.29) is 19.5 Å². The van der Waals surface area contributed by atoms with E-state index in [0.29, 0.717) is 0 Å². The second-order valence-corrected chi connectivity index (χ2v) is 8.53. The molecule has 0 amide bonds. The molecule has 20 heteroatoms. The molecular weight excluding hydrogens is 711 g/mol. The van der Waals surface area contributed by atoms with Gasteiger partial charge in [0.1, 0.15) is 7.32 Å². The van der Waals surface area contributed by atoms with Crippen LogP contribution in [-0.4, -0.2) is 44.2 Å². The standard InChI is InChI=1S/C12H27N.C6HBF5O3.C6BF5O3.Ru/c1-4-7-10-13(11-8-5-2)12-9-6-3;2*8-1-2(9)4(11)6(15-7(13)14)5(12)3(1)10;/h4-12H2,1-3H3;13H;;/q;-1;-2;+3. The second-order valence-electron chi connectivity index (χ2n) is 8.53. The van der Waals surface area contributed by atoms with E-state index in [1.807, 2.05) is 0 Å². The number of unbranched alkanes of at least 4 members (excludes halogenated alkanes) is 3. The van der Waals surface area contributed by atoms with Crippen molar-refractivity contribution >= 4 is 14.6 Å². The van der Waals surface area contributed by atoms with Gasteiger partial charge in [-0.1, -0.05) is 40.0 Å². The van der Waals surface area contributed by atoms with E-state index in [1.165, 1.54) is 58.2 Å². The molecule has 0 heterocycles. The molecule has 0 aliphatic carbocycles. The molecule has 0 aliphatic heterocycles. The van der Waals surface area contributed by atoms with Crippen molar-refractivity contribution in [1.82, 2.24) is 4.90 Å². The quantitative estimate of drug-likeness (QED) is 0.146. The summed E-state index contributed by atoms with van der Waals surface area (Å²) in [5.41, 5.74) is 0. The Bertz CT molecular complexity index is 1010. The maximum absolute atomic E-state index is 12.7. The third kappa shape index (κ3) is 13.9. The summed E-state index contributed by atoms with van der Waals surface area (Å²) in [6.07, 6.45) is 8.09. The van der Waals surface area contributed by atoms with Crippen LogP contribution in [0.5, 0.6) is 11.5 Å². The molecule has 2 aromatic rings. The first-order valence-corrected chi connectivity index (χ1v) is 12.8. The first-order valence-electron chi connectivity index (χ1n) is 12.8. The molecule has 1 radical (unpaired) electrons. The predicted octanol–water partition coefficient (Wildman–Crippen LogP) is 3.25. The summed E-state index contributed by atoms with van der Waals surface area (Å²) in [5.74, 6) is -26.9.